The van der Waals surface area contributed by atoms with Gasteiger partial charge in [-0.1, -0.05) is 0 Å². The maximum Gasteiger partial charge on any atom is 0.240 e. The minimum Gasteiger partial charge on any atom is -0.398 e. The molecule has 0 saturated carbocycles. The van der Waals surface area contributed by atoms with Crippen LogP contribution in [0, 0.1) is 0 Å². The van der Waals surface area contributed by atoms with Crippen LogP contribution in [0.2, 0.25) is 0 Å². The summed E-state index contributed by atoms with van der Waals surface area (Å²) in [5, 5.41) is 8.31. The summed E-state index contributed by atoms with van der Waals surface area (Å²) in [5.74, 6) is 0. The minimum atomic E-state index is -3.77. The summed E-state index contributed by atoms with van der Waals surface area (Å²) in [6, 6.07) is 4.85. The molecule has 0 amide bonds. The molecule has 0 spiro atoms. The van der Waals surface area contributed by atoms with E-state index >= 15 is 0 Å². The van der Waals surface area contributed by atoms with Crippen LogP contribution in [0.5, 0.6) is 0 Å². The van der Waals surface area contributed by atoms with Crippen LogP contribution in [0.3, 0.4) is 0 Å². The van der Waals surface area contributed by atoms with E-state index in [1.807, 2.05) is 6.92 Å². The van der Waals surface area contributed by atoms with Crippen LogP contribution < -0.4 is 16.2 Å². The van der Waals surface area contributed by atoms with Gasteiger partial charge >= 0.3 is 0 Å². The molecule has 1 heterocycles. The van der Waals surface area contributed by atoms with Gasteiger partial charge in [0, 0.05) is 12.3 Å². The van der Waals surface area contributed by atoms with Gasteiger partial charge in [-0.2, -0.15) is 0 Å². The molecule has 6 nitrogen and oxygen atoms in total. The largest absolute Gasteiger partial charge is 0.398 e. The van der Waals surface area contributed by atoms with Gasteiger partial charge in [0.25, 0.3) is 0 Å². The van der Waals surface area contributed by atoms with Gasteiger partial charge in [0.1, 0.15) is 4.90 Å². The van der Waals surface area contributed by atoms with Crippen LogP contribution in [0.4, 0.5) is 11.4 Å². The average molecular weight is 271 g/mol. The Bertz CT molecular complexity index is 544. The van der Waals surface area contributed by atoms with E-state index in [0.29, 0.717) is 0 Å². The Kier molecular flexibility index (Phi) is 3.47. The lowest BCUT2D eigenvalue weighted by molar-refractivity contribution is 0.121. The van der Waals surface area contributed by atoms with Crippen molar-refractivity contribution < 1.29 is 13.2 Å². The predicted octanol–water partition coefficient (Wildman–Crippen LogP) is 0.505. The molecule has 0 bridgehead atoms. The Morgan fingerprint density at radius 2 is 2.17 bits per heavy atom. The van der Waals surface area contributed by atoms with Crippen LogP contribution in [0.1, 0.15) is 13.3 Å². The van der Waals surface area contributed by atoms with Gasteiger partial charge in [-0.25, -0.2) is 13.6 Å². The zero-order chi connectivity index (χ0) is 13.3. The smallest absolute Gasteiger partial charge is 0.240 e. The number of hydrogen-bond donors (Lipinski definition) is 3. The number of nitrogens with one attached hydrogen (secondary N) is 1. The Morgan fingerprint density at radius 1 is 1.44 bits per heavy atom. The molecule has 100 valence electrons. The number of primary sulfonamides is 1. The van der Waals surface area contributed by atoms with Gasteiger partial charge in [-0.15, -0.1) is 0 Å². The minimum absolute atomic E-state index is 0.0521. The zero-order valence-corrected chi connectivity index (χ0v) is 10.9. The van der Waals surface area contributed by atoms with Crippen molar-refractivity contribution >= 4 is 21.4 Å². The summed E-state index contributed by atoms with van der Waals surface area (Å²) in [5.41, 5.74) is 6.60. The normalized spacial score (nSPS) is 24.1. The molecule has 1 fully saturated rings. The molecule has 0 radical (unpaired) electrons. The van der Waals surface area contributed by atoms with E-state index in [1.54, 1.807) is 12.1 Å². The third-order valence-electron chi connectivity index (χ3n) is 3.04. The van der Waals surface area contributed by atoms with Crippen molar-refractivity contribution in [3.8, 4) is 0 Å². The van der Waals surface area contributed by atoms with Gasteiger partial charge in [0.15, 0.2) is 0 Å². The van der Waals surface area contributed by atoms with Crippen LogP contribution in [-0.2, 0) is 14.8 Å². The second-order valence-corrected chi connectivity index (χ2v) is 5.94. The second-order valence-electron chi connectivity index (χ2n) is 4.41. The highest BCUT2D eigenvalue weighted by molar-refractivity contribution is 7.89. The Labute approximate surface area is 106 Å². The van der Waals surface area contributed by atoms with Crippen molar-refractivity contribution in [1.29, 1.82) is 0 Å². The quantitative estimate of drug-likeness (QED) is 0.694. The van der Waals surface area contributed by atoms with E-state index in [0.717, 1.165) is 18.7 Å². The van der Waals surface area contributed by atoms with Crippen molar-refractivity contribution in [2.75, 3.05) is 17.7 Å². The van der Waals surface area contributed by atoms with Crippen molar-refractivity contribution in [2.45, 2.75) is 30.4 Å². The number of anilines is 2. The fourth-order valence-electron chi connectivity index (χ4n) is 2.03. The summed E-state index contributed by atoms with van der Waals surface area (Å²) >= 11 is 0. The summed E-state index contributed by atoms with van der Waals surface area (Å²) in [7, 11) is -3.77. The topological polar surface area (TPSA) is 107 Å². The number of nitrogens with two attached hydrogens (primary N) is 2. The van der Waals surface area contributed by atoms with Crippen molar-refractivity contribution in [1.82, 2.24) is 0 Å². The Hall–Kier alpha value is -1.31. The highest BCUT2D eigenvalue weighted by Gasteiger charge is 2.24. The van der Waals surface area contributed by atoms with Crippen LogP contribution in [0.25, 0.3) is 0 Å². The molecule has 0 aromatic heterocycles. The SMILES string of the molecule is CC1OCCC1Nc1ccc(S(N)(=O)=O)c(N)c1. The summed E-state index contributed by atoms with van der Waals surface area (Å²) < 4.78 is 27.9. The third kappa shape index (κ3) is 2.74. The lowest BCUT2D eigenvalue weighted by atomic mass is 10.1. The molecule has 2 atom stereocenters. The van der Waals surface area contributed by atoms with Gasteiger partial charge in [0.05, 0.1) is 17.8 Å². The number of ether oxygens (including phenoxy) is 1. The number of rotatable bonds is 3. The number of nitrogen functional groups attached to an aromatic ring is 1. The summed E-state index contributed by atoms with van der Waals surface area (Å²) in [4.78, 5) is -0.0521. The molecular weight excluding hydrogens is 254 g/mol. The van der Waals surface area contributed by atoms with Crippen molar-refractivity contribution in [2.24, 2.45) is 5.14 Å². The fraction of sp³-hybridized carbons (Fsp3) is 0.455. The molecule has 5 N–H and O–H groups in total. The predicted molar refractivity (Wildman–Crippen MR) is 69.7 cm³/mol. The summed E-state index contributed by atoms with van der Waals surface area (Å²) in [6.45, 7) is 2.72. The van der Waals surface area contributed by atoms with Gasteiger partial charge in [-0.3, -0.25) is 0 Å². The van der Waals surface area contributed by atoms with E-state index in [1.165, 1.54) is 6.07 Å². The summed E-state index contributed by atoms with van der Waals surface area (Å²) in [6.07, 6.45) is 1.04. The lowest BCUT2D eigenvalue weighted by Crippen LogP contribution is -2.26. The molecule has 2 unspecified atom stereocenters. The Balaban J connectivity index is 2.19. The van der Waals surface area contributed by atoms with Gasteiger partial charge < -0.3 is 15.8 Å². The first-order chi connectivity index (χ1) is 8.38. The molecule has 1 aromatic carbocycles. The monoisotopic (exact) mass is 271 g/mol. The molecule has 1 aliphatic rings. The molecule has 2 rings (SSSR count). The van der Waals surface area contributed by atoms with E-state index in [4.69, 9.17) is 15.6 Å². The standard InChI is InChI=1S/C11H17N3O3S/c1-7-10(4-5-17-7)14-8-2-3-11(9(12)6-8)18(13,15)16/h2-3,6-7,10,14H,4-5,12H2,1H3,(H2,13,15,16). The first kappa shape index (κ1) is 13.1. The highest BCUT2D eigenvalue weighted by Crippen LogP contribution is 2.24. The van der Waals surface area contributed by atoms with E-state index in [2.05, 4.69) is 5.32 Å². The van der Waals surface area contributed by atoms with Crippen LogP contribution in [-0.4, -0.2) is 27.2 Å². The molecule has 1 aromatic rings. The molecule has 1 saturated heterocycles. The maximum atomic E-state index is 11.2. The maximum absolute atomic E-state index is 11.2. The van der Waals surface area contributed by atoms with E-state index in [9.17, 15) is 8.42 Å². The highest BCUT2D eigenvalue weighted by atomic mass is 32.2. The first-order valence-corrected chi connectivity index (χ1v) is 7.23. The number of sulfonamides is 1. The zero-order valence-electron chi connectivity index (χ0n) is 10.1. The number of hydrogen-bond acceptors (Lipinski definition) is 5. The molecule has 1 aliphatic heterocycles. The first-order valence-electron chi connectivity index (χ1n) is 5.68. The molecule has 0 aliphatic carbocycles. The van der Waals surface area contributed by atoms with Gasteiger partial charge in [0.2, 0.25) is 10.0 Å². The van der Waals surface area contributed by atoms with Crippen molar-refractivity contribution in [3.05, 3.63) is 18.2 Å². The number of benzene rings is 1. The van der Waals surface area contributed by atoms with Crippen LogP contribution in [0.15, 0.2) is 23.1 Å². The van der Waals surface area contributed by atoms with E-state index in [-0.39, 0.29) is 22.7 Å². The average Bonchev–Trinajstić information content (AvgIpc) is 2.62. The third-order valence-corrected chi connectivity index (χ3v) is 4.03. The van der Waals surface area contributed by atoms with Crippen LogP contribution >= 0.6 is 0 Å². The van der Waals surface area contributed by atoms with E-state index < -0.39 is 10.0 Å². The molecular formula is C11H17N3O3S. The molecule has 7 heteroatoms. The fourth-order valence-corrected chi connectivity index (χ4v) is 2.68. The van der Waals surface area contributed by atoms with Gasteiger partial charge in [-0.05, 0) is 31.5 Å². The molecule has 18 heavy (non-hydrogen) atoms. The lowest BCUT2D eigenvalue weighted by Gasteiger charge is -2.18. The second kappa shape index (κ2) is 4.75. The Morgan fingerprint density at radius 3 is 2.67 bits per heavy atom. The van der Waals surface area contributed by atoms with Crippen molar-refractivity contribution in [3.63, 3.8) is 0 Å².